The number of nitriles is 2. The zero-order chi connectivity index (χ0) is 13.8. The van der Waals surface area contributed by atoms with Crippen LogP contribution >= 0.6 is 0 Å². The first-order valence-electron chi connectivity index (χ1n) is 6.22. The van der Waals surface area contributed by atoms with E-state index in [1.54, 1.807) is 0 Å². The summed E-state index contributed by atoms with van der Waals surface area (Å²) in [5.41, 5.74) is 6.31. The predicted molar refractivity (Wildman–Crippen MR) is 72.5 cm³/mol. The molecule has 0 saturated heterocycles. The Morgan fingerprint density at radius 3 is 1.68 bits per heavy atom. The second-order valence-electron chi connectivity index (χ2n) is 4.76. The zero-order valence-electron chi connectivity index (χ0n) is 11.2. The summed E-state index contributed by atoms with van der Waals surface area (Å²) >= 11 is 0. The average molecular weight is 252 g/mol. The van der Waals surface area contributed by atoms with Crippen molar-refractivity contribution in [2.24, 2.45) is 0 Å². The molecule has 0 spiro atoms. The Labute approximate surface area is 112 Å². The highest BCUT2D eigenvalue weighted by Crippen LogP contribution is 2.19. The number of hydrogen-bond donors (Lipinski definition) is 2. The van der Waals surface area contributed by atoms with Gasteiger partial charge in [0.05, 0.1) is 25.0 Å². The number of hydrogen-bond acceptors (Lipinski definition) is 2. The summed E-state index contributed by atoms with van der Waals surface area (Å²) in [5.74, 6) is 0. The Balaban J connectivity index is 2.31. The van der Waals surface area contributed by atoms with E-state index in [1.165, 1.54) is 0 Å². The second-order valence-corrected chi connectivity index (χ2v) is 4.76. The molecule has 0 aliphatic carbocycles. The third-order valence-electron chi connectivity index (χ3n) is 3.15. The molecule has 19 heavy (non-hydrogen) atoms. The molecule has 0 aliphatic rings. The maximum atomic E-state index is 8.85. The first kappa shape index (κ1) is 13.0. The molecule has 0 fully saturated rings. The van der Waals surface area contributed by atoms with Crippen LogP contribution in [0.2, 0.25) is 0 Å². The van der Waals surface area contributed by atoms with Gasteiger partial charge in [0.1, 0.15) is 0 Å². The van der Waals surface area contributed by atoms with E-state index in [0.717, 1.165) is 33.9 Å². The molecule has 0 aromatic carbocycles. The third-order valence-corrected chi connectivity index (χ3v) is 3.15. The largest absolute Gasteiger partial charge is 0.362 e. The Bertz CT molecular complexity index is 603. The summed E-state index contributed by atoms with van der Waals surface area (Å²) in [7, 11) is 0. The fraction of sp³-hybridized carbons (Fsp3) is 0.333. The second kappa shape index (κ2) is 5.46. The molecule has 2 aromatic rings. The molecule has 0 radical (unpaired) electrons. The van der Waals surface area contributed by atoms with Crippen LogP contribution in [0.15, 0.2) is 12.1 Å². The van der Waals surface area contributed by atoms with Gasteiger partial charge in [-0.2, -0.15) is 10.5 Å². The van der Waals surface area contributed by atoms with Crippen molar-refractivity contribution in [1.82, 2.24) is 9.97 Å². The number of H-pyrrole nitrogens is 2. The van der Waals surface area contributed by atoms with Crippen molar-refractivity contribution >= 4 is 0 Å². The first-order chi connectivity index (χ1) is 9.13. The molecule has 0 amide bonds. The average Bonchev–Trinajstić information content (AvgIpc) is 2.85. The highest BCUT2D eigenvalue weighted by atomic mass is 14.8. The minimum absolute atomic E-state index is 0.410. The van der Waals surface area contributed by atoms with Gasteiger partial charge in [0.25, 0.3) is 0 Å². The summed E-state index contributed by atoms with van der Waals surface area (Å²) in [4.78, 5) is 6.61. The maximum Gasteiger partial charge on any atom is 0.0670 e. The Hall–Kier alpha value is -2.46. The van der Waals surface area contributed by atoms with Gasteiger partial charge >= 0.3 is 0 Å². The van der Waals surface area contributed by atoms with Gasteiger partial charge in [0, 0.05) is 29.2 Å². The summed E-state index contributed by atoms with van der Waals surface area (Å²) < 4.78 is 0. The molecular formula is C15H16N4. The van der Waals surface area contributed by atoms with Crippen LogP contribution in [0.3, 0.4) is 0 Å². The minimum atomic E-state index is 0.410. The third kappa shape index (κ3) is 2.86. The highest BCUT2D eigenvalue weighted by molar-refractivity contribution is 5.35. The van der Waals surface area contributed by atoms with Gasteiger partial charge in [0.15, 0.2) is 0 Å². The van der Waals surface area contributed by atoms with Crippen molar-refractivity contribution in [2.75, 3.05) is 0 Å². The van der Waals surface area contributed by atoms with Crippen LogP contribution in [0.4, 0.5) is 0 Å². The normalized spacial score (nSPS) is 10.1. The SMILES string of the molecule is Cc1cc(CC#N)c(Cc2[nH]c(C)cc2CC#N)[nH]1. The van der Waals surface area contributed by atoms with E-state index in [1.807, 2.05) is 26.0 Å². The van der Waals surface area contributed by atoms with Gasteiger partial charge in [-0.15, -0.1) is 0 Å². The predicted octanol–water partition coefficient (Wildman–Crippen LogP) is 2.68. The number of aromatic amines is 2. The summed E-state index contributed by atoms with van der Waals surface area (Å²) in [6, 6.07) is 8.40. The monoisotopic (exact) mass is 252 g/mol. The van der Waals surface area contributed by atoms with Crippen LogP contribution in [0.1, 0.15) is 33.9 Å². The van der Waals surface area contributed by atoms with Crippen LogP contribution in [0, 0.1) is 36.5 Å². The van der Waals surface area contributed by atoms with Crippen LogP contribution in [0.25, 0.3) is 0 Å². The van der Waals surface area contributed by atoms with Crippen molar-refractivity contribution in [2.45, 2.75) is 33.1 Å². The highest BCUT2D eigenvalue weighted by Gasteiger charge is 2.11. The van der Waals surface area contributed by atoms with E-state index in [0.29, 0.717) is 19.3 Å². The number of rotatable bonds is 4. The summed E-state index contributed by atoms with van der Waals surface area (Å²) in [5, 5.41) is 17.7. The lowest BCUT2D eigenvalue weighted by molar-refractivity contribution is 0.985. The Morgan fingerprint density at radius 1 is 0.895 bits per heavy atom. The minimum Gasteiger partial charge on any atom is -0.362 e. The molecule has 0 aliphatic heterocycles. The smallest absolute Gasteiger partial charge is 0.0670 e. The van der Waals surface area contributed by atoms with E-state index < -0.39 is 0 Å². The molecule has 2 rings (SSSR count). The molecule has 0 bridgehead atoms. The maximum absolute atomic E-state index is 8.85. The summed E-state index contributed by atoms with van der Waals surface area (Å²) in [6.07, 6.45) is 1.52. The molecule has 96 valence electrons. The lowest BCUT2D eigenvalue weighted by atomic mass is 10.1. The van der Waals surface area contributed by atoms with Crippen LogP contribution in [-0.4, -0.2) is 9.97 Å². The van der Waals surface area contributed by atoms with Crippen molar-refractivity contribution in [3.8, 4) is 12.1 Å². The molecular weight excluding hydrogens is 236 g/mol. The van der Waals surface area contributed by atoms with Gasteiger partial charge in [-0.3, -0.25) is 0 Å². The molecule has 0 saturated carbocycles. The van der Waals surface area contributed by atoms with Crippen LogP contribution in [-0.2, 0) is 19.3 Å². The number of nitrogens with one attached hydrogen (secondary N) is 2. The van der Waals surface area contributed by atoms with Crippen molar-refractivity contribution in [3.05, 3.63) is 46.0 Å². The zero-order valence-corrected chi connectivity index (χ0v) is 11.2. The van der Waals surface area contributed by atoms with Gasteiger partial charge in [0.2, 0.25) is 0 Å². The van der Waals surface area contributed by atoms with E-state index in [4.69, 9.17) is 10.5 Å². The van der Waals surface area contributed by atoms with Crippen molar-refractivity contribution in [3.63, 3.8) is 0 Å². The van der Waals surface area contributed by atoms with Gasteiger partial charge in [-0.1, -0.05) is 0 Å². The van der Waals surface area contributed by atoms with Crippen LogP contribution < -0.4 is 0 Å². The summed E-state index contributed by atoms with van der Waals surface area (Å²) in [6.45, 7) is 3.97. The topological polar surface area (TPSA) is 79.2 Å². The number of nitrogens with zero attached hydrogens (tertiary/aromatic N) is 2. The number of aryl methyl sites for hydroxylation is 2. The Kier molecular flexibility index (Phi) is 3.73. The molecule has 0 atom stereocenters. The quantitative estimate of drug-likeness (QED) is 0.877. The van der Waals surface area contributed by atoms with Crippen molar-refractivity contribution < 1.29 is 0 Å². The molecule has 2 N–H and O–H groups in total. The van der Waals surface area contributed by atoms with Crippen molar-refractivity contribution in [1.29, 1.82) is 10.5 Å². The van der Waals surface area contributed by atoms with E-state index in [-0.39, 0.29) is 0 Å². The first-order valence-corrected chi connectivity index (χ1v) is 6.22. The molecule has 2 aromatic heterocycles. The number of aromatic nitrogens is 2. The molecule has 2 heterocycles. The van der Waals surface area contributed by atoms with Crippen LogP contribution in [0.5, 0.6) is 0 Å². The van der Waals surface area contributed by atoms with Gasteiger partial charge < -0.3 is 9.97 Å². The lowest BCUT2D eigenvalue weighted by Crippen LogP contribution is -1.97. The van der Waals surface area contributed by atoms with E-state index in [2.05, 4.69) is 22.1 Å². The standard InChI is InChI=1S/C15H16N4/c1-10-7-12(3-5-16)14(18-10)9-15-13(4-6-17)8-11(2)19-15/h7-8,18-19H,3-4,9H2,1-2H3. The lowest BCUT2D eigenvalue weighted by Gasteiger charge is -2.02. The molecule has 4 heteroatoms. The molecule has 0 unspecified atom stereocenters. The Morgan fingerprint density at radius 2 is 1.32 bits per heavy atom. The van der Waals surface area contributed by atoms with Gasteiger partial charge in [-0.05, 0) is 37.1 Å². The fourth-order valence-corrected chi connectivity index (χ4v) is 2.38. The van der Waals surface area contributed by atoms with Gasteiger partial charge in [-0.25, -0.2) is 0 Å². The molecule has 4 nitrogen and oxygen atoms in total. The van der Waals surface area contributed by atoms with E-state index >= 15 is 0 Å². The van der Waals surface area contributed by atoms with E-state index in [9.17, 15) is 0 Å². The fourth-order valence-electron chi connectivity index (χ4n) is 2.38.